The fourth-order valence-electron chi connectivity index (χ4n) is 0.610. The molecule has 0 saturated heterocycles. The standard InChI is InChI=1S/C7H17N5O/c1-5(2)3-10-7(12-9)11-4-6(8)13/h5H,3-4,9H2,1-2H3,(H2,8,13)(H2,10,11,12). The van der Waals surface area contributed by atoms with Crippen LogP contribution in [0.3, 0.4) is 0 Å². The number of nitrogens with two attached hydrogens (primary N) is 2. The second-order valence-corrected chi connectivity index (χ2v) is 3.05. The van der Waals surface area contributed by atoms with E-state index >= 15 is 0 Å². The highest BCUT2D eigenvalue weighted by atomic mass is 16.1. The zero-order valence-electron chi connectivity index (χ0n) is 8.00. The average molecular weight is 187 g/mol. The Morgan fingerprint density at radius 1 is 1.54 bits per heavy atom. The normalized spacial score (nSPS) is 11.5. The summed E-state index contributed by atoms with van der Waals surface area (Å²) in [7, 11) is 0. The van der Waals surface area contributed by atoms with Crippen molar-refractivity contribution in [2.75, 3.05) is 13.1 Å². The van der Waals surface area contributed by atoms with E-state index in [9.17, 15) is 4.79 Å². The molecule has 1 amide bonds. The highest BCUT2D eigenvalue weighted by Crippen LogP contribution is 1.86. The van der Waals surface area contributed by atoms with Crippen LogP contribution in [0.25, 0.3) is 0 Å². The van der Waals surface area contributed by atoms with E-state index in [1.165, 1.54) is 0 Å². The van der Waals surface area contributed by atoms with Crippen LogP contribution in [0.2, 0.25) is 0 Å². The van der Waals surface area contributed by atoms with E-state index in [0.29, 0.717) is 11.9 Å². The number of hydrogen-bond donors (Lipinski definition) is 4. The number of hydrazine groups is 1. The molecule has 76 valence electrons. The van der Waals surface area contributed by atoms with Gasteiger partial charge in [0, 0.05) is 6.54 Å². The maximum absolute atomic E-state index is 10.4. The lowest BCUT2D eigenvalue weighted by molar-refractivity contribution is -0.116. The zero-order chi connectivity index (χ0) is 10.3. The van der Waals surface area contributed by atoms with E-state index in [1.54, 1.807) is 0 Å². The van der Waals surface area contributed by atoms with Crippen LogP contribution in [-0.2, 0) is 4.79 Å². The molecular formula is C7H17N5O. The lowest BCUT2D eigenvalue weighted by Gasteiger charge is -2.10. The SMILES string of the molecule is CC(C)CNC(=NCC(N)=O)NN. The molecule has 6 heteroatoms. The molecule has 0 unspecified atom stereocenters. The largest absolute Gasteiger partial charge is 0.368 e. The van der Waals surface area contributed by atoms with Crippen molar-refractivity contribution in [1.82, 2.24) is 10.7 Å². The van der Waals surface area contributed by atoms with Crippen molar-refractivity contribution in [3.8, 4) is 0 Å². The third-order valence-electron chi connectivity index (χ3n) is 1.21. The minimum atomic E-state index is -0.487. The number of rotatable bonds is 4. The third-order valence-corrected chi connectivity index (χ3v) is 1.21. The Morgan fingerprint density at radius 2 is 2.15 bits per heavy atom. The number of carbonyl (C=O) groups is 1. The Bertz CT molecular complexity index is 189. The average Bonchev–Trinajstić information content (AvgIpc) is 2.04. The molecule has 0 spiro atoms. The van der Waals surface area contributed by atoms with Crippen molar-refractivity contribution in [2.45, 2.75) is 13.8 Å². The summed E-state index contributed by atoms with van der Waals surface area (Å²) in [5.41, 5.74) is 7.25. The molecule has 0 bridgehead atoms. The topological polar surface area (TPSA) is 106 Å². The summed E-state index contributed by atoms with van der Waals surface area (Å²) in [6, 6.07) is 0. The summed E-state index contributed by atoms with van der Waals surface area (Å²) < 4.78 is 0. The van der Waals surface area contributed by atoms with Gasteiger partial charge in [0.2, 0.25) is 11.9 Å². The Hall–Kier alpha value is -1.30. The van der Waals surface area contributed by atoms with Gasteiger partial charge in [0.1, 0.15) is 6.54 Å². The number of guanidine groups is 1. The smallest absolute Gasteiger partial charge is 0.239 e. The van der Waals surface area contributed by atoms with Gasteiger partial charge in [-0.2, -0.15) is 0 Å². The number of aliphatic imine (C=N–C) groups is 1. The molecule has 0 aromatic carbocycles. The minimum Gasteiger partial charge on any atom is -0.368 e. The molecule has 0 radical (unpaired) electrons. The fraction of sp³-hybridized carbons (Fsp3) is 0.714. The second kappa shape index (κ2) is 6.24. The van der Waals surface area contributed by atoms with E-state index in [0.717, 1.165) is 6.54 Å². The van der Waals surface area contributed by atoms with Crippen LogP contribution in [-0.4, -0.2) is 25.0 Å². The summed E-state index contributed by atoms with van der Waals surface area (Å²) in [4.78, 5) is 14.2. The predicted molar refractivity (Wildman–Crippen MR) is 51.7 cm³/mol. The van der Waals surface area contributed by atoms with E-state index in [-0.39, 0.29) is 6.54 Å². The monoisotopic (exact) mass is 187 g/mol. The van der Waals surface area contributed by atoms with Gasteiger partial charge < -0.3 is 11.1 Å². The van der Waals surface area contributed by atoms with Crippen molar-refractivity contribution in [3.05, 3.63) is 0 Å². The molecule has 0 fully saturated rings. The summed E-state index contributed by atoms with van der Waals surface area (Å²) in [6.07, 6.45) is 0. The molecule has 6 nitrogen and oxygen atoms in total. The second-order valence-electron chi connectivity index (χ2n) is 3.05. The van der Waals surface area contributed by atoms with Crippen LogP contribution in [0.1, 0.15) is 13.8 Å². The Balaban J connectivity index is 3.87. The third kappa shape index (κ3) is 7.07. The van der Waals surface area contributed by atoms with E-state index < -0.39 is 5.91 Å². The Morgan fingerprint density at radius 3 is 2.54 bits per heavy atom. The predicted octanol–water partition coefficient (Wildman–Crippen LogP) is -1.46. The van der Waals surface area contributed by atoms with Crippen LogP contribution in [0.5, 0.6) is 0 Å². The number of amides is 1. The van der Waals surface area contributed by atoms with E-state index in [4.69, 9.17) is 11.6 Å². The molecule has 0 aromatic heterocycles. The number of nitrogens with one attached hydrogen (secondary N) is 2. The molecule has 0 aliphatic heterocycles. The van der Waals surface area contributed by atoms with Gasteiger partial charge in [0.15, 0.2) is 0 Å². The lowest BCUT2D eigenvalue weighted by atomic mass is 10.2. The minimum absolute atomic E-state index is 0.0649. The highest BCUT2D eigenvalue weighted by Gasteiger charge is 1.98. The van der Waals surface area contributed by atoms with Crippen molar-refractivity contribution >= 4 is 11.9 Å². The molecule has 0 rings (SSSR count). The van der Waals surface area contributed by atoms with Gasteiger partial charge in [-0.1, -0.05) is 13.8 Å². The molecule has 13 heavy (non-hydrogen) atoms. The number of nitrogens with zero attached hydrogens (tertiary/aromatic N) is 1. The maximum atomic E-state index is 10.4. The van der Waals surface area contributed by atoms with Gasteiger partial charge in [0.25, 0.3) is 0 Å². The molecule has 0 atom stereocenters. The first-order valence-electron chi connectivity index (χ1n) is 4.09. The quantitative estimate of drug-likeness (QED) is 0.187. The molecule has 0 aliphatic rings. The number of hydrogen-bond acceptors (Lipinski definition) is 3. The maximum Gasteiger partial charge on any atom is 0.239 e. The van der Waals surface area contributed by atoms with E-state index in [1.807, 2.05) is 0 Å². The first-order chi connectivity index (χ1) is 6.06. The van der Waals surface area contributed by atoms with Crippen LogP contribution in [0, 0.1) is 5.92 Å². The van der Waals surface area contributed by atoms with Gasteiger partial charge >= 0.3 is 0 Å². The lowest BCUT2D eigenvalue weighted by Crippen LogP contribution is -2.43. The van der Waals surface area contributed by atoms with Gasteiger partial charge in [-0.05, 0) is 5.92 Å². The molecule has 0 aromatic rings. The van der Waals surface area contributed by atoms with Crippen LogP contribution in [0.15, 0.2) is 4.99 Å². The molecule has 0 heterocycles. The fourth-order valence-corrected chi connectivity index (χ4v) is 0.610. The summed E-state index contributed by atoms with van der Waals surface area (Å²) in [5.74, 6) is 5.52. The van der Waals surface area contributed by atoms with Crippen LogP contribution < -0.4 is 22.3 Å². The Labute approximate surface area is 77.7 Å². The molecule has 6 N–H and O–H groups in total. The van der Waals surface area contributed by atoms with Crippen molar-refractivity contribution in [3.63, 3.8) is 0 Å². The van der Waals surface area contributed by atoms with Crippen molar-refractivity contribution < 1.29 is 4.79 Å². The van der Waals surface area contributed by atoms with Crippen molar-refractivity contribution in [2.24, 2.45) is 22.5 Å². The van der Waals surface area contributed by atoms with Gasteiger partial charge in [-0.25, -0.2) is 10.8 Å². The highest BCUT2D eigenvalue weighted by molar-refractivity contribution is 5.83. The summed E-state index contributed by atoms with van der Waals surface area (Å²) in [6.45, 7) is 4.77. The molecular weight excluding hydrogens is 170 g/mol. The summed E-state index contributed by atoms with van der Waals surface area (Å²) in [5, 5.41) is 2.93. The number of carbonyl (C=O) groups excluding carboxylic acids is 1. The summed E-state index contributed by atoms with van der Waals surface area (Å²) >= 11 is 0. The van der Waals surface area contributed by atoms with Gasteiger partial charge in [0.05, 0.1) is 0 Å². The molecule has 0 aliphatic carbocycles. The first-order valence-corrected chi connectivity index (χ1v) is 4.09. The number of primary amides is 1. The Kier molecular flexibility index (Phi) is 5.62. The van der Waals surface area contributed by atoms with Gasteiger partial charge in [-0.3, -0.25) is 10.2 Å². The van der Waals surface area contributed by atoms with Crippen LogP contribution >= 0.6 is 0 Å². The zero-order valence-corrected chi connectivity index (χ0v) is 8.00. The van der Waals surface area contributed by atoms with Crippen LogP contribution in [0.4, 0.5) is 0 Å². The van der Waals surface area contributed by atoms with Gasteiger partial charge in [-0.15, -0.1) is 0 Å². The van der Waals surface area contributed by atoms with Crippen molar-refractivity contribution in [1.29, 1.82) is 0 Å². The molecule has 0 saturated carbocycles. The first kappa shape index (κ1) is 11.7. The van der Waals surface area contributed by atoms with E-state index in [2.05, 4.69) is 29.6 Å².